The fourth-order valence-corrected chi connectivity index (χ4v) is 4.08. The van der Waals surface area contributed by atoms with Gasteiger partial charge in [-0.25, -0.2) is 18.4 Å². The van der Waals surface area contributed by atoms with E-state index in [1.165, 1.54) is 24.0 Å². The molecule has 0 atom stereocenters. The molecule has 0 unspecified atom stereocenters. The van der Waals surface area contributed by atoms with Crippen LogP contribution in [0.1, 0.15) is 24.1 Å². The molecule has 2 heterocycles. The molecule has 1 aliphatic rings. The Labute approximate surface area is 157 Å². The quantitative estimate of drug-likeness (QED) is 0.621. The van der Waals surface area contributed by atoms with E-state index in [1.54, 1.807) is 25.3 Å². The van der Waals surface area contributed by atoms with Gasteiger partial charge < -0.3 is 15.0 Å². The molecule has 9 heteroatoms. The summed E-state index contributed by atoms with van der Waals surface area (Å²) in [4.78, 5) is 12.2. The lowest BCUT2D eigenvalue weighted by atomic mass is 9.96. The summed E-state index contributed by atoms with van der Waals surface area (Å²) in [6.07, 6.45) is 7.01. The van der Waals surface area contributed by atoms with Gasteiger partial charge in [0.2, 0.25) is 10.0 Å². The second-order valence-electron chi connectivity index (χ2n) is 6.65. The summed E-state index contributed by atoms with van der Waals surface area (Å²) in [5.41, 5.74) is 4.47. The van der Waals surface area contributed by atoms with E-state index in [0.717, 1.165) is 36.6 Å². The third kappa shape index (κ3) is 3.55. The van der Waals surface area contributed by atoms with Crippen molar-refractivity contribution in [2.75, 3.05) is 23.4 Å². The third-order valence-corrected chi connectivity index (χ3v) is 5.25. The molecule has 27 heavy (non-hydrogen) atoms. The number of fused-ring (bicyclic) bond motifs is 3. The Morgan fingerprint density at radius 2 is 2.00 bits per heavy atom. The van der Waals surface area contributed by atoms with E-state index < -0.39 is 10.0 Å². The van der Waals surface area contributed by atoms with Crippen LogP contribution in [-0.2, 0) is 22.9 Å². The van der Waals surface area contributed by atoms with Gasteiger partial charge in [0, 0.05) is 11.8 Å². The summed E-state index contributed by atoms with van der Waals surface area (Å²) in [6.45, 7) is 0. The number of aryl methyl sites for hydroxylation is 2. The Morgan fingerprint density at radius 3 is 2.78 bits per heavy atom. The van der Waals surface area contributed by atoms with Crippen LogP contribution in [0.5, 0.6) is 5.75 Å². The summed E-state index contributed by atoms with van der Waals surface area (Å²) in [5, 5.41) is 4.33. The molecule has 2 aromatic heterocycles. The summed E-state index contributed by atoms with van der Waals surface area (Å²) >= 11 is 0. The van der Waals surface area contributed by atoms with Crippen LogP contribution in [0.15, 0.2) is 24.5 Å². The summed E-state index contributed by atoms with van der Waals surface area (Å²) in [6, 6.07) is 5.07. The van der Waals surface area contributed by atoms with Crippen molar-refractivity contribution < 1.29 is 13.2 Å². The topological polar surface area (TPSA) is 109 Å². The van der Waals surface area contributed by atoms with Gasteiger partial charge in [0.25, 0.3) is 0 Å². The zero-order valence-corrected chi connectivity index (χ0v) is 16.0. The van der Waals surface area contributed by atoms with Crippen LogP contribution >= 0.6 is 0 Å². The standard InChI is InChI=1S/C18H21N5O3S/c1-26-15-9-11(23-27(2,24)25)7-8-14(15)22-18-16-12-5-3-4-6-13(12)21-17(16)19-10-20-18/h7-10,23H,3-6H2,1-2H3,(H2,19,20,21,22). The molecule has 142 valence electrons. The number of anilines is 3. The molecule has 1 aromatic carbocycles. The van der Waals surface area contributed by atoms with Crippen molar-refractivity contribution in [2.45, 2.75) is 25.7 Å². The number of aromatic amines is 1. The summed E-state index contributed by atoms with van der Waals surface area (Å²) in [7, 11) is -1.82. The first-order chi connectivity index (χ1) is 12.9. The SMILES string of the molecule is COc1cc(NS(C)(=O)=O)ccc1Nc1ncnc2[nH]c3c(c12)CCCC3. The van der Waals surface area contributed by atoms with Crippen molar-refractivity contribution in [1.82, 2.24) is 15.0 Å². The van der Waals surface area contributed by atoms with Crippen molar-refractivity contribution in [3.05, 3.63) is 35.8 Å². The van der Waals surface area contributed by atoms with Gasteiger partial charge in [-0.15, -0.1) is 0 Å². The number of sulfonamides is 1. The predicted octanol–water partition coefficient (Wildman–Crippen LogP) is 2.96. The predicted molar refractivity (Wildman–Crippen MR) is 105 cm³/mol. The largest absolute Gasteiger partial charge is 0.494 e. The molecule has 0 bridgehead atoms. The zero-order valence-electron chi connectivity index (χ0n) is 15.2. The second-order valence-corrected chi connectivity index (χ2v) is 8.40. The average molecular weight is 387 g/mol. The molecule has 0 saturated heterocycles. The highest BCUT2D eigenvalue weighted by atomic mass is 32.2. The Balaban J connectivity index is 1.73. The first kappa shape index (κ1) is 17.6. The summed E-state index contributed by atoms with van der Waals surface area (Å²) in [5.74, 6) is 1.22. The van der Waals surface area contributed by atoms with E-state index in [2.05, 4.69) is 25.0 Å². The smallest absolute Gasteiger partial charge is 0.229 e. The fraction of sp³-hybridized carbons (Fsp3) is 0.333. The maximum absolute atomic E-state index is 11.4. The first-order valence-electron chi connectivity index (χ1n) is 8.72. The minimum absolute atomic E-state index is 0.437. The van der Waals surface area contributed by atoms with Crippen molar-refractivity contribution in [2.24, 2.45) is 0 Å². The maximum atomic E-state index is 11.4. The van der Waals surface area contributed by atoms with Crippen molar-refractivity contribution in [3.8, 4) is 5.75 Å². The minimum atomic E-state index is -3.36. The van der Waals surface area contributed by atoms with Crippen LogP contribution in [0.3, 0.4) is 0 Å². The third-order valence-electron chi connectivity index (χ3n) is 4.64. The van der Waals surface area contributed by atoms with Gasteiger partial charge in [-0.05, 0) is 43.4 Å². The number of methoxy groups -OCH3 is 1. The highest BCUT2D eigenvalue weighted by Gasteiger charge is 2.20. The van der Waals surface area contributed by atoms with Gasteiger partial charge in [-0.1, -0.05) is 0 Å². The van der Waals surface area contributed by atoms with Crippen molar-refractivity contribution in [1.29, 1.82) is 0 Å². The lowest BCUT2D eigenvalue weighted by molar-refractivity contribution is 0.417. The lowest BCUT2D eigenvalue weighted by Crippen LogP contribution is -2.09. The number of benzene rings is 1. The molecule has 4 rings (SSSR count). The van der Waals surface area contributed by atoms with E-state index in [9.17, 15) is 8.42 Å². The number of hydrogen-bond acceptors (Lipinski definition) is 6. The molecular formula is C18H21N5O3S. The van der Waals surface area contributed by atoms with Crippen molar-refractivity contribution in [3.63, 3.8) is 0 Å². The molecule has 0 radical (unpaired) electrons. The van der Waals surface area contributed by atoms with Crippen LogP contribution in [0, 0.1) is 0 Å². The maximum Gasteiger partial charge on any atom is 0.229 e. The molecule has 0 spiro atoms. The molecular weight excluding hydrogens is 366 g/mol. The molecule has 0 aliphatic heterocycles. The zero-order chi connectivity index (χ0) is 19.0. The Kier molecular flexibility index (Phi) is 4.39. The Morgan fingerprint density at radius 1 is 1.19 bits per heavy atom. The van der Waals surface area contributed by atoms with Gasteiger partial charge in [0.1, 0.15) is 23.5 Å². The number of nitrogens with zero attached hydrogens (tertiary/aromatic N) is 2. The number of hydrogen-bond donors (Lipinski definition) is 3. The van der Waals surface area contributed by atoms with Crippen LogP contribution in [-0.4, -0.2) is 36.7 Å². The van der Waals surface area contributed by atoms with Gasteiger partial charge in [-0.2, -0.15) is 0 Å². The van der Waals surface area contributed by atoms with Crippen LogP contribution in [0.25, 0.3) is 11.0 Å². The molecule has 0 fully saturated rings. The normalized spacial score (nSPS) is 14.0. The number of ether oxygens (including phenoxy) is 1. The Hall–Kier alpha value is -2.81. The van der Waals surface area contributed by atoms with Gasteiger partial charge in [-0.3, -0.25) is 4.72 Å². The van der Waals surface area contributed by atoms with E-state index >= 15 is 0 Å². The average Bonchev–Trinajstić information content (AvgIpc) is 3.01. The monoisotopic (exact) mass is 387 g/mol. The first-order valence-corrected chi connectivity index (χ1v) is 10.6. The number of nitrogens with one attached hydrogen (secondary N) is 3. The molecule has 3 aromatic rings. The second kappa shape index (κ2) is 6.73. The summed E-state index contributed by atoms with van der Waals surface area (Å²) < 4.78 is 30.8. The van der Waals surface area contributed by atoms with E-state index in [4.69, 9.17) is 4.74 Å². The number of rotatable bonds is 5. The lowest BCUT2D eigenvalue weighted by Gasteiger charge is -2.15. The van der Waals surface area contributed by atoms with E-state index in [1.807, 2.05) is 0 Å². The molecule has 8 nitrogen and oxygen atoms in total. The van der Waals surface area contributed by atoms with E-state index in [0.29, 0.717) is 22.9 Å². The van der Waals surface area contributed by atoms with Crippen LogP contribution in [0.4, 0.5) is 17.2 Å². The Bertz CT molecular complexity index is 1110. The molecule has 3 N–H and O–H groups in total. The molecule has 1 aliphatic carbocycles. The van der Waals surface area contributed by atoms with Gasteiger partial charge in [0.15, 0.2) is 0 Å². The molecule has 0 saturated carbocycles. The van der Waals surface area contributed by atoms with Gasteiger partial charge in [0.05, 0.1) is 30.1 Å². The van der Waals surface area contributed by atoms with Crippen LogP contribution in [0.2, 0.25) is 0 Å². The van der Waals surface area contributed by atoms with Crippen LogP contribution < -0.4 is 14.8 Å². The molecule has 0 amide bonds. The highest BCUT2D eigenvalue weighted by molar-refractivity contribution is 7.92. The number of H-pyrrole nitrogens is 1. The highest BCUT2D eigenvalue weighted by Crippen LogP contribution is 2.36. The van der Waals surface area contributed by atoms with E-state index in [-0.39, 0.29) is 0 Å². The van der Waals surface area contributed by atoms with Crippen molar-refractivity contribution >= 4 is 38.2 Å². The van der Waals surface area contributed by atoms with Gasteiger partial charge >= 0.3 is 0 Å². The fourth-order valence-electron chi connectivity index (χ4n) is 3.52. The number of aromatic nitrogens is 3. The minimum Gasteiger partial charge on any atom is -0.494 e.